The number of ether oxygens (including phenoxy) is 5. The molecule has 2 aromatic heterocycles. The second-order valence-corrected chi connectivity index (χ2v) is 23.6. The summed E-state index contributed by atoms with van der Waals surface area (Å²) in [6.07, 6.45) is -3.36. The summed E-state index contributed by atoms with van der Waals surface area (Å²) in [6.45, 7) is 1.28. The number of aryl methyl sites for hydroxylation is 1. The minimum absolute atomic E-state index is 0.00879. The summed E-state index contributed by atoms with van der Waals surface area (Å²) < 4.78 is 133. The number of aromatic nitrogens is 4. The summed E-state index contributed by atoms with van der Waals surface area (Å²) in [4.78, 5) is 32.1. The van der Waals surface area contributed by atoms with Crippen molar-refractivity contribution >= 4 is 53.6 Å². The molecule has 0 fully saturated rings. The molecule has 9 rings (SSSR count). The van der Waals surface area contributed by atoms with Gasteiger partial charge in [-0.1, -0.05) is 102 Å². The molecule has 18 nitrogen and oxygen atoms in total. The Labute approximate surface area is 486 Å². The third-order valence-corrected chi connectivity index (χ3v) is 17.6. The van der Waals surface area contributed by atoms with E-state index < -0.39 is 61.4 Å². The van der Waals surface area contributed by atoms with Gasteiger partial charge in [0.15, 0.2) is 0 Å². The Bertz CT molecular complexity index is 3900. The molecule has 2 atom stereocenters. The number of methoxy groups -OCH3 is 3. The van der Waals surface area contributed by atoms with Crippen LogP contribution in [0.4, 0.5) is 13.2 Å². The molecule has 0 saturated carbocycles. The zero-order chi connectivity index (χ0) is 59.7. The Kier molecular flexibility index (Phi) is 18.4. The van der Waals surface area contributed by atoms with E-state index in [9.17, 15) is 39.6 Å². The lowest BCUT2D eigenvalue weighted by Crippen LogP contribution is -2.47. The monoisotopic (exact) mass is 1200 g/mol. The summed E-state index contributed by atoms with van der Waals surface area (Å²) in [5, 5.41) is 11.2. The van der Waals surface area contributed by atoms with Crippen molar-refractivity contribution in [1.82, 2.24) is 30.0 Å². The lowest BCUT2D eigenvalue weighted by molar-refractivity contribution is -0.145. The molecule has 0 aliphatic carbocycles. The van der Waals surface area contributed by atoms with Gasteiger partial charge in [0.25, 0.3) is 20.1 Å². The standard InChI is InChI=1S/C60H55F3N6O12S3/c1-39-10-29-51(30-11-39)84(74,75)81-33-32-79-49-22-14-41(15-23-49)35-54(56(70)64-53(57(71)78-4)34-40-12-16-45(17-13-40)60(61,62)63)69-37-46(66-68-69)38-80-50-28-31-52-55(36-50)82-58(65-52)83(72,73)67-59(42-8-6-5-7-9-42,43-18-24-47(76-2)25-19-43)44-20-26-48(77-3)27-21-44/h5-31,36-37,53-54,67H,32-35,38H2,1-4H3,(H,64,70)/t53-,54-/m0/s1. The van der Waals surface area contributed by atoms with Gasteiger partial charge in [0.05, 0.1) is 48.2 Å². The number of carbonyl (C=O) groups is 2. The Morgan fingerprint density at radius 1 is 0.655 bits per heavy atom. The number of halogens is 3. The number of nitrogens with zero attached hydrogens (tertiary/aromatic N) is 4. The zero-order valence-electron chi connectivity index (χ0n) is 45.5. The molecule has 0 radical (unpaired) electrons. The highest BCUT2D eigenvalue weighted by Crippen LogP contribution is 2.41. The van der Waals surface area contributed by atoms with Crippen molar-refractivity contribution in [2.45, 2.75) is 59.4 Å². The number of sulfonamides is 1. The highest BCUT2D eigenvalue weighted by atomic mass is 32.2. The quantitative estimate of drug-likeness (QED) is 0.0235. The van der Waals surface area contributed by atoms with Crippen LogP contribution in [-0.2, 0) is 69.8 Å². The van der Waals surface area contributed by atoms with Crippen LogP contribution in [0.25, 0.3) is 10.2 Å². The van der Waals surface area contributed by atoms with E-state index in [0.29, 0.717) is 61.0 Å². The fraction of sp³-hybridized carbons (Fsp3) is 0.217. The molecule has 0 spiro atoms. The normalized spacial score (nSPS) is 12.8. The number of nitrogens with one attached hydrogen (secondary N) is 2. The number of amides is 1. The van der Waals surface area contributed by atoms with Crippen molar-refractivity contribution in [2.24, 2.45) is 0 Å². The molecule has 0 aliphatic rings. The van der Waals surface area contributed by atoms with E-state index >= 15 is 0 Å². The highest BCUT2D eigenvalue weighted by molar-refractivity contribution is 7.91. The van der Waals surface area contributed by atoms with Crippen molar-refractivity contribution in [3.63, 3.8) is 0 Å². The van der Waals surface area contributed by atoms with Gasteiger partial charge in [-0.2, -0.15) is 26.3 Å². The Hall–Kier alpha value is -8.68. The van der Waals surface area contributed by atoms with Crippen LogP contribution in [0.1, 0.15) is 50.7 Å². The van der Waals surface area contributed by atoms with E-state index in [4.69, 9.17) is 27.9 Å². The van der Waals surface area contributed by atoms with Crippen molar-refractivity contribution in [3.8, 4) is 23.0 Å². The van der Waals surface area contributed by atoms with E-state index in [2.05, 4.69) is 25.3 Å². The van der Waals surface area contributed by atoms with E-state index in [-0.39, 0.29) is 47.6 Å². The number of benzene rings is 7. The first-order valence-corrected chi connectivity index (χ1v) is 29.5. The average Bonchev–Trinajstić information content (AvgIpc) is 1.67. The third-order valence-electron chi connectivity index (χ3n) is 13.5. The Morgan fingerprint density at radius 3 is 1.83 bits per heavy atom. The summed E-state index contributed by atoms with van der Waals surface area (Å²) >= 11 is 0.935. The molecule has 24 heteroatoms. The zero-order valence-corrected chi connectivity index (χ0v) is 47.9. The first kappa shape index (κ1) is 59.9. The minimum Gasteiger partial charge on any atom is -0.497 e. The van der Waals surface area contributed by atoms with Gasteiger partial charge >= 0.3 is 12.1 Å². The van der Waals surface area contributed by atoms with Crippen molar-refractivity contribution in [2.75, 3.05) is 34.5 Å². The molecule has 0 saturated heterocycles. The van der Waals surface area contributed by atoms with Crippen LogP contribution in [0.5, 0.6) is 23.0 Å². The molecule has 2 heterocycles. The largest absolute Gasteiger partial charge is 0.497 e. The fourth-order valence-electron chi connectivity index (χ4n) is 9.07. The number of esters is 1. The molecule has 0 unspecified atom stereocenters. The molecular formula is C60H55F3N6O12S3. The first-order valence-electron chi connectivity index (χ1n) is 25.8. The number of carbonyl (C=O) groups excluding carboxylic acids is 2. The summed E-state index contributed by atoms with van der Waals surface area (Å²) in [6, 6.07) is 42.7. The second-order valence-electron chi connectivity index (χ2n) is 19.1. The second kappa shape index (κ2) is 25.9. The molecule has 436 valence electrons. The Balaban J connectivity index is 0.932. The Morgan fingerprint density at radius 2 is 1.23 bits per heavy atom. The van der Waals surface area contributed by atoms with Gasteiger partial charge in [-0.25, -0.2) is 22.9 Å². The van der Waals surface area contributed by atoms with Crippen LogP contribution < -0.4 is 29.0 Å². The third kappa shape index (κ3) is 14.2. The van der Waals surface area contributed by atoms with Crippen LogP contribution in [0.15, 0.2) is 185 Å². The first-order chi connectivity index (χ1) is 40.3. The lowest BCUT2D eigenvalue weighted by atomic mass is 9.78. The maximum atomic E-state index is 14.8. The number of thiazole rings is 1. The summed E-state index contributed by atoms with van der Waals surface area (Å²) in [5.74, 6) is 0.275. The van der Waals surface area contributed by atoms with Gasteiger partial charge in [-0.15, -0.1) is 16.4 Å². The summed E-state index contributed by atoms with van der Waals surface area (Å²) in [5.41, 5.74) is 1.92. The van der Waals surface area contributed by atoms with E-state index in [0.717, 1.165) is 36.1 Å². The molecule has 84 heavy (non-hydrogen) atoms. The molecule has 1 amide bonds. The smallest absolute Gasteiger partial charge is 0.416 e. The number of alkyl halides is 3. The number of rotatable bonds is 25. The van der Waals surface area contributed by atoms with Crippen LogP contribution in [0.3, 0.4) is 0 Å². The van der Waals surface area contributed by atoms with Gasteiger partial charge in [-0.3, -0.25) is 8.98 Å². The van der Waals surface area contributed by atoms with Crippen LogP contribution in [-0.4, -0.2) is 89.3 Å². The van der Waals surface area contributed by atoms with E-state index in [1.54, 1.807) is 117 Å². The van der Waals surface area contributed by atoms with Gasteiger partial charge in [0.2, 0.25) is 10.2 Å². The lowest BCUT2D eigenvalue weighted by Gasteiger charge is -2.36. The van der Waals surface area contributed by atoms with Crippen molar-refractivity contribution in [3.05, 3.63) is 221 Å². The maximum Gasteiger partial charge on any atom is 0.416 e. The van der Waals surface area contributed by atoms with Gasteiger partial charge < -0.3 is 29.0 Å². The maximum absolute atomic E-state index is 14.8. The predicted octanol–water partition coefficient (Wildman–Crippen LogP) is 9.55. The van der Waals surface area contributed by atoms with Crippen molar-refractivity contribution < 1.29 is 67.5 Å². The van der Waals surface area contributed by atoms with Crippen molar-refractivity contribution in [1.29, 1.82) is 0 Å². The van der Waals surface area contributed by atoms with Gasteiger partial charge in [0, 0.05) is 12.8 Å². The predicted molar refractivity (Wildman–Crippen MR) is 305 cm³/mol. The molecule has 7 aromatic carbocycles. The van der Waals surface area contributed by atoms with Crippen LogP contribution in [0, 0.1) is 6.92 Å². The summed E-state index contributed by atoms with van der Waals surface area (Å²) in [7, 11) is -4.22. The minimum atomic E-state index is -4.59. The van der Waals surface area contributed by atoms with E-state index in [1.807, 2.05) is 37.3 Å². The average molecular weight is 1210 g/mol. The topological polar surface area (TPSA) is 225 Å². The number of hydrogen-bond acceptors (Lipinski definition) is 16. The van der Waals surface area contributed by atoms with Gasteiger partial charge in [-0.05, 0) is 114 Å². The number of hydrogen-bond donors (Lipinski definition) is 2. The van der Waals surface area contributed by atoms with Crippen LogP contribution in [0.2, 0.25) is 0 Å². The van der Waals surface area contributed by atoms with Gasteiger partial charge in [0.1, 0.15) is 66.1 Å². The van der Waals surface area contributed by atoms with Crippen LogP contribution >= 0.6 is 11.3 Å². The molecule has 2 N–H and O–H groups in total. The SMILES string of the molecule is COC(=O)[C@H](Cc1ccc(C(F)(F)F)cc1)NC(=O)[C@H](Cc1ccc(OCCOS(=O)(=O)c2ccc(C)cc2)cc1)n1cc(COc2ccc3nc(S(=O)(=O)NC(c4ccccc4)(c4ccc(OC)cc4)c4ccc(OC)cc4)sc3c2)nn1. The highest BCUT2D eigenvalue weighted by Gasteiger charge is 2.42. The molecule has 0 bridgehead atoms. The molecule has 9 aromatic rings. The molecule has 0 aliphatic heterocycles. The molecular weight excluding hydrogens is 1150 g/mol. The van der Waals surface area contributed by atoms with E-state index in [1.165, 1.54) is 35.1 Å². The fourth-order valence-corrected chi connectivity index (χ4v) is 12.6. The number of fused-ring (bicyclic) bond motifs is 1.